The molecule has 0 spiro atoms. The predicted molar refractivity (Wildman–Crippen MR) is 89.4 cm³/mol. The van der Waals surface area contributed by atoms with Crippen LogP contribution in [0.15, 0.2) is 36.4 Å². The van der Waals surface area contributed by atoms with Gasteiger partial charge in [0.25, 0.3) is 5.91 Å². The van der Waals surface area contributed by atoms with E-state index in [2.05, 4.69) is 5.10 Å². The summed E-state index contributed by atoms with van der Waals surface area (Å²) < 4.78 is 1.34. The predicted octanol–water partition coefficient (Wildman–Crippen LogP) is 3.28. The molecule has 0 aliphatic heterocycles. The maximum atomic E-state index is 12.9. The van der Waals surface area contributed by atoms with Gasteiger partial charge in [-0.25, -0.2) is 4.98 Å². The van der Waals surface area contributed by atoms with Gasteiger partial charge in [-0.2, -0.15) is 4.68 Å². The Bertz CT molecular complexity index is 909. The van der Waals surface area contributed by atoms with Gasteiger partial charge >= 0.3 is 0 Å². The standard InChI is InChI=1S/C18H18N4O/c1-11-5-2-3-8-13(11)18(23)22-17-14(16(19)21-22)9-10-15(20-17)12-6-4-7-12/h2-3,5,8-10,12H,4,6-7H2,1H3,(H2,19,21). The summed E-state index contributed by atoms with van der Waals surface area (Å²) in [5.74, 6) is 0.648. The first kappa shape index (κ1) is 13.9. The van der Waals surface area contributed by atoms with Crippen LogP contribution in [0.4, 0.5) is 5.82 Å². The maximum Gasteiger partial charge on any atom is 0.280 e. The highest BCUT2D eigenvalue weighted by Gasteiger charge is 2.24. The summed E-state index contributed by atoms with van der Waals surface area (Å²) in [7, 11) is 0. The molecule has 2 N–H and O–H groups in total. The number of aryl methyl sites for hydroxylation is 1. The highest BCUT2D eigenvalue weighted by atomic mass is 16.2. The molecule has 1 aliphatic rings. The molecule has 5 nitrogen and oxygen atoms in total. The van der Waals surface area contributed by atoms with Gasteiger partial charge in [-0.05, 0) is 43.5 Å². The van der Waals surface area contributed by atoms with Crippen molar-refractivity contribution in [3.8, 4) is 0 Å². The van der Waals surface area contributed by atoms with Crippen LogP contribution in [0.25, 0.3) is 11.0 Å². The Kier molecular flexibility index (Phi) is 3.15. The van der Waals surface area contributed by atoms with E-state index in [1.54, 1.807) is 6.07 Å². The summed E-state index contributed by atoms with van der Waals surface area (Å²) in [5, 5.41) is 4.97. The molecular weight excluding hydrogens is 288 g/mol. The van der Waals surface area contributed by atoms with Gasteiger partial charge in [0.2, 0.25) is 0 Å². The van der Waals surface area contributed by atoms with Crippen molar-refractivity contribution in [1.82, 2.24) is 14.8 Å². The van der Waals surface area contributed by atoms with E-state index in [1.807, 2.05) is 37.3 Å². The first-order valence-electron chi connectivity index (χ1n) is 7.90. The van der Waals surface area contributed by atoms with Crippen LogP contribution in [0.2, 0.25) is 0 Å². The lowest BCUT2D eigenvalue weighted by molar-refractivity contribution is 0.0949. The largest absolute Gasteiger partial charge is 0.382 e. The first-order chi connectivity index (χ1) is 11.1. The van der Waals surface area contributed by atoms with Gasteiger partial charge in [0.15, 0.2) is 11.5 Å². The number of hydrogen-bond donors (Lipinski definition) is 1. The van der Waals surface area contributed by atoms with Gasteiger partial charge in [-0.3, -0.25) is 4.79 Å². The number of nitrogen functional groups attached to an aromatic ring is 1. The minimum atomic E-state index is -0.192. The van der Waals surface area contributed by atoms with E-state index in [1.165, 1.54) is 11.1 Å². The SMILES string of the molecule is Cc1ccccc1C(=O)n1nc(N)c2ccc(C3CCC3)nc21. The van der Waals surface area contributed by atoms with E-state index in [4.69, 9.17) is 10.7 Å². The molecule has 1 aliphatic carbocycles. The Balaban J connectivity index is 1.85. The third kappa shape index (κ3) is 2.20. The zero-order valence-corrected chi connectivity index (χ0v) is 13.0. The fourth-order valence-corrected chi connectivity index (χ4v) is 3.03. The van der Waals surface area contributed by atoms with Crippen molar-refractivity contribution in [3.63, 3.8) is 0 Å². The molecule has 4 rings (SSSR count). The van der Waals surface area contributed by atoms with E-state index >= 15 is 0 Å². The van der Waals surface area contributed by atoms with Crippen molar-refractivity contribution >= 4 is 22.8 Å². The second kappa shape index (κ2) is 5.19. The summed E-state index contributed by atoms with van der Waals surface area (Å²) in [6, 6.07) is 11.4. The van der Waals surface area contributed by atoms with Gasteiger partial charge in [-0.15, -0.1) is 5.10 Å². The molecular formula is C18H18N4O. The minimum Gasteiger partial charge on any atom is -0.382 e. The Morgan fingerprint density at radius 2 is 2.00 bits per heavy atom. The van der Waals surface area contributed by atoms with E-state index in [-0.39, 0.29) is 5.91 Å². The number of aromatic nitrogens is 3. The van der Waals surface area contributed by atoms with Crippen LogP contribution in [-0.4, -0.2) is 20.7 Å². The van der Waals surface area contributed by atoms with Gasteiger partial charge in [-0.1, -0.05) is 24.6 Å². The first-order valence-corrected chi connectivity index (χ1v) is 7.90. The molecule has 0 saturated heterocycles. The molecule has 0 radical (unpaired) electrons. The fourth-order valence-electron chi connectivity index (χ4n) is 3.03. The number of anilines is 1. The Labute approximate surface area is 134 Å². The molecule has 0 bridgehead atoms. The molecule has 1 saturated carbocycles. The van der Waals surface area contributed by atoms with Crippen molar-refractivity contribution in [1.29, 1.82) is 0 Å². The summed E-state index contributed by atoms with van der Waals surface area (Å²) in [5.41, 5.74) is 9.10. The molecule has 0 unspecified atom stereocenters. The quantitative estimate of drug-likeness (QED) is 0.788. The van der Waals surface area contributed by atoms with E-state index in [9.17, 15) is 4.79 Å². The number of fused-ring (bicyclic) bond motifs is 1. The monoisotopic (exact) mass is 306 g/mol. The summed E-state index contributed by atoms with van der Waals surface area (Å²) in [6.07, 6.45) is 3.57. The molecule has 1 fully saturated rings. The Morgan fingerprint density at radius 3 is 2.70 bits per heavy atom. The highest BCUT2D eigenvalue weighted by Crippen LogP contribution is 2.36. The molecule has 1 aromatic carbocycles. The Hall–Kier alpha value is -2.69. The molecule has 23 heavy (non-hydrogen) atoms. The lowest BCUT2D eigenvalue weighted by Gasteiger charge is -2.24. The topological polar surface area (TPSA) is 73.8 Å². The minimum absolute atomic E-state index is 0.192. The maximum absolute atomic E-state index is 12.9. The lowest BCUT2D eigenvalue weighted by atomic mass is 9.82. The number of pyridine rings is 1. The van der Waals surface area contributed by atoms with Gasteiger partial charge in [0.05, 0.1) is 5.39 Å². The number of hydrogen-bond acceptors (Lipinski definition) is 4. The van der Waals surface area contributed by atoms with Crippen LogP contribution in [0.3, 0.4) is 0 Å². The zero-order chi connectivity index (χ0) is 16.0. The van der Waals surface area contributed by atoms with Crippen molar-refractivity contribution in [2.45, 2.75) is 32.1 Å². The van der Waals surface area contributed by atoms with E-state index in [0.29, 0.717) is 22.9 Å². The molecule has 5 heteroatoms. The number of nitrogens with two attached hydrogens (primary N) is 1. The lowest BCUT2D eigenvalue weighted by Crippen LogP contribution is -2.16. The van der Waals surface area contributed by atoms with Crippen molar-refractivity contribution < 1.29 is 4.79 Å². The van der Waals surface area contributed by atoms with Crippen LogP contribution in [-0.2, 0) is 0 Å². The average molecular weight is 306 g/mol. The average Bonchev–Trinajstić information content (AvgIpc) is 2.82. The molecule has 116 valence electrons. The van der Waals surface area contributed by atoms with Gasteiger partial charge in [0, 0.05) is 17.2 Å². The summed E-state index contributed by atoms with van der Waals surface area (Å²) in [4.78, 5) is 17.6. The zero-order valence-electron chi connectivity index (χ0n) is 13.0. The third-order valence-electron chi connectivity index (χ3n) is 4.67. The van der Waals surface area contributed by atoms with Gasteiger partial charge in [0.1, 0.15) is 0 Å². The number of rotatable bonds is 2. The third-order valence-corrected chi connectivity index (χ3v) is 4.67. The van der Waals surface area contributed by atoms with Crippen molar-refractivity contribution in [2.24, 2.45) is 0 Å². The number of benzene rings is 1. The van der Waals surface area contributed by atoms with Crippen LogP contribution in [0.1, 0.15) is 46.8 Å². The molecule has 2 aromatic heterocycles. The molecule has 3 aromatic rings. The van der Waals surface area contributed by atoms with Crippen LogP contribution >= 0.6 is 0 Å². The van der Waals surface area contributed by atoms with Crippen LogP contribution in [0.5, 0.6) is 0 Å². The van der Waals surface area contributed by atoms with Crippen LogP contribution < -0.4 is 5.73 Å². The molecule has 2 heterocycles. The van der Waals surface area contributed by atoms with Crippen molar-refractivity contribution in [2.75, 3.05) is 5.73 Å². The normalized spacial score (nSPS) is 14.8. The smallest absolute Gasteiger partial charge is 0.280 e. The second-order valence-corrected chi connectivity index (χ2v) is 6.15. The number of carbonyl (C=O) groups is 1. The second-order valence-electron chi connectivity index (χ2n) is 6.15. The van der Waals surface area contributed by atoms with Gasteiger partial charge < -0.3 is 5.73 Å². The fraction of sp³-hybridized carbons (Fsp3) is 0.278. The van der Waals surface area contributed by atoms with Crippen molar-refractivity contribution in [3.05, 3.63) is 53.2 Å². The number of nitrogens with zero attached hydrogens (tertiary/aromatic N) is 3. The van der Waals surface area contributed by atoms with Crippen LogP contribution in [0, 0.1) is 6.92 Å². The van der Waals surface area contributed by atoms with E-state index in [0.717, 1.165) is 29.5 Å². The summed E-state index contributed by atoms with van der Waals surface area (Å²) in [6.45, 7) is 1.91. The Morgan fingerprint density at radius 1 is 1.22 bits per heavy atom. The number of carbonyl (C=O) groups excluding carboxylic acids is 1. The van der Waals surface area contributed by atoms with E-state index < -0.39 is 0 Å². The summed E-state index contributed by atoms with van der Waals surface area (Å²) >= 11 is 0. The molecule has 0 amide bonds. The highest BCUT2D eigenvalue weighted by molar-refractivity contribution is 6.03. The molecule has 0 atom stereocenters.